The van der Waals surface area contributed by atoms with Gasteiger partial charge in [0.1, 0.15) is 0 Å². The van der Waals surface area contributed by atoms with Gasteiger partial charge in [-0.05, 0) is 11.5 Å². The van der Waals surface area contributed by atoms with E-state index in [2.05, 4.69) is 0 Å². The molecule has 0 saturated carbocycles. The standard InChI is InChI=1S/C8H11F3O2/c1-7(2,3)5(12)4-6(13)8(9,10)11/h4,12H,1-3H3/p-1/b5-4-. The molecule has 0 radical (unpaired) electrons. The van der Waals surface area contributed by atoms with Crippen LogP contribution in [0.5, 0.6) is 0 Å². The number of carbonyl (C=O) groups excluding carboxylic acids is 1. The van der Waals surface area contributed by atoms with Gasteiger partial charge in [0.25, 0.3) is 5.78 Å². The molecule has 2 nitrogen and oxygen atoms in total. The van der Waals surface area contributed by atoms with Gasteiger partial charge in [-0.15, -0.1) is 5.76 Å². The summed E-state index contributed by atoms with van der Waals surface area (Å²) in [5.74, 6) is -2.93. The van der Waals surface area contributed by atoms with Crippen molar-refractivity contribution in [3.63, 3.8) is 0 Å². The van der Waals surface area contributed by atoms with Crippen LogP contribution in [0, 0.1) is 5.41 Å². The zero-order valence-electron chi connectivity index (χ0n) is 7.53. The van der Waals surface area contributed by atoms with Crippen LogP contribution in [0.3, 0.4) is 0 Å². The topological polar surface area (TPSA) is 40.1 Å². The van der Waals surface area contributed by atoms with Crippen molar-refractivity contribution in [1.82, 2.24) is 0 Å². The van der Waals surface area contributed by atoms with E-state index in [1.807, 2.05) is 0 Å². The summed E-state index contributed by atoms with van der Waals surface area (Å²) in [5.41, 5.74) is -0.957. The Bertz CT molecular complexity index is 233. The molecule has 0 aliphatic carbocycles. The van der Waals surface area contributed by atoms with Gasteiger partial charge in [-0.25, -0.2) is 0 Å². The van der Waals surface area contributed by atoms with Gasteiger partial charge in [0, 0.05) is 0 Å². The summed E-state index contributed by atoms with van der Waals surface area (Å²) < 4.78 is 35.0. The highest BCUT2D eigenvalue weighted by molar-refractivity contribution is 5.94. The molecule has 5 heteroatoms. The summed E-state index contributed by atoms with van der Waals surface area (Å²) in [6, 6.07) is 0. The number of rotatable bonds is 1. The van der Waals surface area contributed by atoms with Crippen LogP contribution in [0.15, 0.2) is 11.8 Å². The van der Waals surface area contributed by atoms with E-state index in [9.17, 15) is 23.1 Å². The molecule has 0 heterocycles. The minimum atomic E-state index is -4.96. The van der Waals surface area contributed by atoms with Gasteiger partial charge in [0.2, 0.25) is 0 Å². The predicted molar refractivity (Wildman–Crippen MR) is 38.6 cm³/mol. The van der Waals surface area contributed by atoms with Crippen LogP contribution in [-0.2, 0) is 4.79 Å². The lowest BCUT2D eigenvalue weighted by Gasteiger charge is -2.27. The molecule has 0 N–H and O–H groups in total. The molecular weight excluding hydrogens is 185 g/mol. The average Bonchev–Trinajstić information content (AvgIpc) is 1.82. The number of alkyl halides is 3. The molecule has 0 amide bonds. The van der Waals surface area contributed by atoms with Crippen molar-refractivity contribution in [2.24, 2.45) is 5.41 Å². The third kappa shape index (κ3) is 3.96. The molecule has 76 valence electrons. The van der Waals surface area contributed by atoms with E-state index in [0.717, 1.165) is 0 Å². The fourth-order valence-corrected chi connectivity index (χ4v) is 0.417. The first-order valence-electron chi connectivity index (χ1n) is 3.55. The normalized spacial score (nSPS) is 14.5. The van der Waals surface area contributed by atoms with Crippen molar-refractivity contribution in [3.05, 3.63) is 11.8 Å². The van der Waals surface area contributed by atoms with E-state index in [1.165, 1.54) is 20.8 Å². The van der Waals surface area contributed by atoms with Crippen molar-refractivity contribution in [1.29, 1.82) is 0 Å². The lowest BCUT2D eigenvalue weighted by Crippen LogP contribution is -2.26. The fourth-order valence-electron chi connectivity index (χ4n) is 0.417. The molecule has 0 unspecified atom stereocenters. The molecule has 0 aromatic rings. The minimum absolute atomic E-state index is 0.0972. The molecule has 0 spiro atoms. The van der Waals surface area contributed by atoms with Gasteiger partial charge in [-0.2, -0.15) is 13.2 Å². The molecule has 0 aliphatic heterocycles. The maximum Gasteiger partial charge on any atom is 0.454 e. The number of hydrogen-bond donors (Lipinski definition) is 0. The fraction of sp³-hybridized carbons (Fsp3) is 0.625. The van der Waals surface area contributed by atoms with Gasteiger partial charge < -0.3 is 5.11 Å². The quantitative estimate of drug-likeness (QED) is 0.468. The first kappa shape index (κ1) is 12.0. The van der Waals surface area contributed by atoms with Crippen molar-refractivity contribution < 1.29 is 23.1 Å². The number of halogens is 3. The predicted octanol–water partition coefficient (Wildman–Crippen LogP) is 1.41. The third-order valence-corrected chi connectivity index (χ3v) is 1.28. The average molecular weight is 195 g/mol. The van der Waals surface area contributed by atoms with Crippen LogP contribution >= 0.6 is 0 Å². The molecule has 0 atom stereocenters. The van der Waals surface area contributed by atoms with Crippen molar-refractivity contribution in [2.45, 2.75) is 26.9 Å². The van der Waals surface area contributed by atoms with Gasteiger partial charge >= 0.3 is 6.18 Å². The Balaban J connectivity index is 4.70. The van der Waals surface area contributed by atoms with E-state index < -0.39 is 23.1 Å². The summed E-state index contributed by atoms with van der Waals surface area (Å²) in [5, 5.41) is 10.9. The number of ketones is 1. The summed E-state index contributed by atoms with van der Waals surface area (Å²) >= 11 is 0. The summed E-state index contributed by atoms with van der Waals surface area (Å²) in [6.45, 7) is 4.32. The molecule has 0 rings (SSSR count). The lowest BCUT2D eigenvalue weighted by atomic mass is 9.93. The first-order valence-corrected chi connectivity index (χ1v) is 3.55. The summed E-state index contributed by atoms with van der Waals surface area (Å²) in [4.78, 5) is 10.3. The van der Waals surface area contributed by atoms with E-state index in [0.29, 0.717) is 0 Å². The second kappa shape index (κ2) is 3.40. The van der Waals surface area contributed by atoms with Crippen molar-refractivity contribution in [2.75, 3.05) is 0 Å². The highest BCUT2D eigenvalue weighted by Gasteiger charge is 2.36. The van der Waals surface area contributed by atoms with Crippen molar-refractivity contribution in [3.8, 4) is 0 Å². The molecule has 0 aromatic carbocycles. The molecule has 13 heavy (non-hydrogen) atoms. The summed E-state index contributed by atoms with van der Waals surface area (Å²) in [6.07, 6.45) is -4.86. The van der Waals surface area contributed by atoms with E-state index in [1.54, 1.807) is 0 Å². The Morgan fingerprint density at radius 1 is 1.23 bits per heavy atom. The van der Waals surface area contributed by atoms with Crippen LogP contribution in [0.2, 0.25) is 0 Å². The monoisotopic (exact) mass is 195 g/mol. The third-order valence-electron chi connectivity index (χ3n) is 1.28. The van der Waals surface area contributed by atoms with Gasteiger partial charge in [0.05, 0.1) is 0 Å². The van der Waals surface area contributed by atoms with E-state index in [4.69, 9.17) is 0 Å². The van der Waals surface area contributed by atoms with Crippen molar-refractivity contribution >= 4 is 5.78 Å². The smallest absolute Gasteiger partial charge is 0.454 e. The second-order valence-electron chi connectivity index (χ2n) is 3.62. The van der Waals surface area contributed by atoms with Crippen LogP contribution < -0.4 is 5.11 Å². The number of carbonyl (C=O) groups is 1. The van der Waals surface area contributed by atoms with Crippen LogP contribution in [0.25, 0.3) is 0 Å². The van der Waals surface area contributed by atoms with Gasteiger partial charge in [-0.3, -0.25) is 4.79 Å². The molecule has 0 bridgehead atoms. The maximum atomic E-state index is 11.7. The molecule has 0 saturated heterocycles. The van der Waals surface area contributed by atoms with Gasteiger partial charge in [-0.1, -0.05) is 20.8 Å². The molecule has 0 aromatic heterocycles. The maximum absolute atomic E-state index is 11.7. The highest BCUT2D eigenvalue weighted by Crippen LogP contribution is 2.23. The number of hydrogen-bond acceptors (Lipinski definition) is 2. The van der Waals surface area contributed by atoms with Crippen LogP contribution in [0.4, 0.5) is 13.2 Å². The molecule has 0 aliphatic rings. The number of allylic oxidation sites excluding steroid dienone is 2. The lowest BCUT2D eigenvalue weighted by molar-refractivity contribution is -0.322. The Morgan fingerprint density at radius 2 is 1.62 bits per heavy atom. The Morgan fingerprint density at radius 3 is 1.85 bits per heavy atom. The minimum Gasteiger partial charge on any atom is -0.875 e. The molecule has 0 fully saturated rings. The Labute approximate surface area is 74.1 Å². The molecular formula is C8H10F3O2-. The van der Waals surface area contributed by atoms with E-state index >= 15 is 0 Å². The summed E-state index contributed by atoms with van der Waals surface area (Å²) in [7, 11) is 0. The van der Waals surface area contributed by atoms with Gasteiger partial charge in [0.15, 0.2) is 0 Å². The first-order chi connectivity index (χ1) is 5.55. The zero-order valence-corrected chi connectivity index (χ0v) is 7.53. The largest absolute Gasteiger partial charge is 0.875 e. The SMILES string of the molecule is CC(C)(C)/C([O-])=C/C(=O)C(F)(F)F. The Kier molecular flexibility index (Phi) is 3.13. The Hall–Kier alpha value is -1.00. The second-order valence-corrected chi connectivity index (χ2v) is 3.62. The zero-order chi connectivity index (χ0) is 10.9. The van der Waals surface area contributed by atoms with E-state index in [-0.39, 0.29) is 6.08 Å². The van der Waals surface area contributed by atoms with Crippen LogP contribution in [-0.4, -0.2) is 12.0 Å². The van der Waals surface area contributed by atoms with Crippen LogP contribution in [0.1, 0.15) is 20.8 Å². The highest BCUT2D eigenvalue weighted by atomic mass is 19.4.